The molecule has 37 heavy (non-hydrogen) atoms. The van der Waals surface area contributed by atoms with Gasteiger partial charge in [0.25, 0.3) is 5.91 Å². The van der Waals surface area contributed by atoms with Crippen molar-refractivity contribution in [1.29, 1.82) is 0 Å². The predicted molar refractivity (Wildman–Crippen MR) is 148 cm³/mol. The lowest BCUT2D eigenvalue weighted by Crippen LogP contribution is -2.53. The van der Waals surface area contributed by atoms with E-state index in [1.165, 1.54) is 6.42 Å². The fraction of sp³-hybridized carbons (Fsp3) is 0.355. The SMILES string of the molecule is Cc1ccccc1OCC(=O)N(Cc1ccccc1Cl)[C@@H](Cc1ccccc1)C(=O)NC1CCCCC1. The van der Waals surface area contributed by atoms with E-state index in [2.05, 4.69) is 5.32 Å². The Labute approximate surface area is 224 Å². The fourth-order valence-corrected chi connectivity index (χ4v) is 5.04. The van der Waals surface area contributed by atoms with Gasteiger partial charge in [-0.05, 0) is 48.6 Å². The Morgan fingerprint density at radius 1 is 0.946 bits per heavy atom. The van der Waals surface area contributed by atoms with Gasteiger partial charge in [-0.2, -0.15) is 0 Å². The van der Waals surface area contributed by atoms with Crippen LogP contribution in [0.15, 0.2) is 78.9 Å². The predicted octanol–water partition coefficient (Wildman–Crippen LogP) is 6.12. The van der Waals surface area contributed by atoms with Gasteiger partial charge in [0.15, 0.2) is 6.61 Å². The average molecular weight is 519 g/mol. The minimum Gasteiger partial charge on any atom is -0.484 e. The lowest BCUT2D eigenvalue weighted by atomic mass is 9.94. The van der Waals surface area contributed by atoms with E-state index in [0.29, 0.717) is 17.2 Å². The van der Waals surface area contributed by atoms with Crippen LogP contribution in [0.3, 0.4) is 0 Å². The summed E-state index contributed by atoms with van der Waals surface area (Å²) in [5.41, 5.74) is 2.73. The summed E-state index contributed by atoms with van der Waals surface area (Å²) in [6.07, 6.45) is 5.77. The minimum absolute atomic E-state index is 0.132. The van der Waals surface area contributed by atoms with Gasteiger partial charge < -0.3 is 15.0 Å². The first-order valence-corrected chi connectivity index (χ1v) is 13.4. The summed E-state index contributed by atoms with van der Waals surface area (Å²) in [6, 6.07) is 24.3. The zero-order valence-corrected chi connectivity index (χ0v) is 22.1. The van der Waals surface area contributed by atoms with E-state index in [9.17, 15) is 9.59 Å². The maximum absolute atomic E-state index is 13.8. The minimum atomic E-state index is -0.700. The summed E-state index contributed by atoms with van der Waals surface area (Å²) in [5.74, 6) is 0.259. The van der Waals surface area contributed by atoms with E-state index in [1.807, 2.05) is 79.7 Å². The number of ether oxygens (including phenoxy) is 1. The molecular weight excluding hydrogens is 484 g/mol. The summed E-state index contributed by atoms with van der Waals surface area (Å²) in [7, 11) is 0. The number of amides is 2. The highest BCUT2D eigenvalue weighted by atomic mass is 35.5. The number of rotatable bonds is 10. The Morgan fingerprint density at radius 2 is 1.62 bits per heavy atom. The van der Waals surface area contributed by atoms with Gasteiger partial charge in [-0.25, -0.2) is 0 Å². The second-order valence-corrected chi connectivity index (χ2v) is 10.1. The van der Waals surface area contributed by atoms with Gasteiger partial charge in [0.05, 0.1) is 0 Å². The van der Waals surface area contributed by atoms with Crippen LogP contribution in [0.1, 0.15) is 48.8 Å². The van der Waals surface area contributed by atoms with Crippen LogP contribution in [0.4, 0.5) is 0 Å². The number of hydrogen-bond donors (Lipinski definition) is 1. The molecule has 0 saturated heterocycles. The molecule has 6 heteroatoms. The molecular formula is C31H35ClN2O3. The summed E-state index contributed by atoms with van der Waals surface area (Å²) in [6.45, 7) is 1.99. The summed E-state index contributed by atoms with van der Waals surface area (Å²) >= 11 is 6.50. The molecule has 3 aromatic rings. The summed E-state index contributed by atoms with van der Waals surface area (Å²) in [5, 5.41) is 3.81. The summed E-state index contributed by atoms with van der Waals surface area (Å²) < 4.78 is 5.92. The van der Waals surface area contributed by atoms with E-state index < -0.39 is 6.04 Å². The Kier molecular flexibility index (Phi) is 9.61. The molecule has 1 saturated carbocycles. The number of aryl methyl sites for hydroxylation is 1. The number of para-hydroxylation sites is 1. The molecule has 0 spiro atoms. The van der Waals surface area contributed by atoms with Crippen molar-refractivity contribution < 1.29 is 14.3 Å². The molecule has 0 unspecified atom stereocenters. The number of benzene rings is 3. The van der Waals surface area contributed by atoms with Gasteiger partial charge in [0.2, 0.25) is 5.91 Å². The molecule has 3 aromatic carbocycles. The molecule has 4 rings (SSSR count). The standard InChI is InChI=1S/C31H35ClN2O3/c1-23-12-8-11-19-29(23)37-22-30(35)34(21-25-15-9-10-18-27(25)32)28(20-24-13-4-2-5-14-24)31(36)33-26-16-6-3-7-17-26/h2,4-5,8-15,18-19,26,28H,3,6-7,16-17,20-22H2,1H3,(H,33,36)/t28-/m0/s1. The van der Waals surface area contributed by atoms with Crippen LogP contribution in [-0.2, 0) is 22.6 Å². The second-order valence-electron chi connectivity index (χ2n) is 9.72. The van der Waals surface area contributed by atoms with Crippen molar-refractivity contribution in [3.63, 3.8) is 0 Å². The van der Waals surface area contributed by atoms with Gasteiger partial charge in [-0.1, -0.05) is 97.6 Å². The van der Waals surface area contributed by atoms with E-state index >= 15 is 0 Å². The maximum Gasteiger partial charge on any atom is 0.261 e. The Bertz CT molecular complexity index is 1180. The number of nitrogens with one attached hydrogen (secondary N) is 1. The molecule has 0 radical (unpaired) electrons. The van der Waals surface area contributed by atoms with E-state index in [0.717, 1.165) is 42.4 Å². The van der Waals surface area contributed by atoms with E-state index in [4.69, 9.17) is 16.3 Å². The lowest BCUT2D eigenvalue weighted by molar-refractivity contribution is -0.143. The van der Waals surface area contributed by atoms with Gasteiger partial charge in [-0.15, -0.1) is 0 Å². The van der Waals surface area contributed by atoms with Crippen LogP contribution in [0.2, 0.25) is 5.02 Å². The van der Waals surface area contributed by atoms with Gasteiger partial charge in [0, 0.05) is 24.0 Å². The maximum atomic E-state index is 13.8. The van der Waals surface area contributed by atoms with Gasteiger partial charge >= 0.3 is 0 Å². The van der Waals surface area contributed by atoms with Crippen molar-refractivity contribution in [3.8, 4) is 5.75 Å². The number of nitrogens with zero attached hydrogens (tertiary/aromatic N) is 1. The highest BCUT2D eigenvalue weighted by Crippen LogP contribution is 2.23. The molecule has 0 aliphatic heterocycles. The van der Waals surface area contributed by atoms with Crippen molar-refractivity contribution in [3.05, 3.63) is 101 Å². The zero-order chi connectivity index (χ0) is 26.0. The first-order chi connectivity index (χ1) is 18.0. The van der Waals surface area contributed by atoms with Crippen molar-refractivity contribution in [1.82, 2.24) is 10.2 Å². The molecule has 0 heterocycles. The van der Waals surface area contributed by atoms with E-state index in [-0.39, 0.29) is 31.0 Å². The summed E-state index contributed by atoms with van der Waals surface area (Å²) in [4.78, 5) is 29.2. The quantitative estimate of drug-likeness (QED) is 0.352. The molecule has 1 aliphatic carbocycles. The number of carbonyl (C=O) groups excluding carboxylic acids is 2. The highest BCUT2D eigenvalue weighted by molar-refractivity contribution is 6.31. The molecule has 0 bridgehead atoms. The Morgan fingerprint density at radius 3 is 2.35 bits per heavy atom. The number of hydrogen-bond acceptors (Lipinski definition) is 3. The van der Waals surface area contributed by atoms with Crippen LogP contribution in [-0.4, -0.2) is 35.4 Å². The van der Waals surface area contributed by atoms with Crippen molar-refractivity contribution in [2.75, 3.05) is 6.61 Å². The molecule has 1 fully saturated rings. The smallest absolute Gasteiger partial charge is 0.261 e. The number of carbonyl (C=O) groups is 2. The first kappa shape index (κ1) is 26.7. The van der Waals surface area contributed by atoms with Crippen molar-refractivity contribution in [2.24, 2.45) is 0 Å². The molecule has 2 amide bonds. The molecule has 194 valence electrons. The first-order valence-electron chi connectivity index (χ1n) is 13.1. The monoisotopic (exact) mass is 518 g/mol. The van der Waals surface area contributed by atoms with Crippen LogP contribution >= 0.6 is 11.6 Å². The lowest BCUT2D eigenvalue weighted by Gasteiger charge is -2.33. The van der Waals surface area contributed by atoms with Gasteiger partial charge in [0.1, 0.15) is 11.8 Å². The van der Waals surface area contributed by atoms with Crippen LogP contribution in [0.5, 0.6) is 5.75 Å². The van der Waals surface area contributed by atoms with Crippen LogP contribution < -0.4 is 10.1 Å². The Balaban J connectivity index is 1.62. The topological polar surface area (TPSA) is 58.6 Å². The second kappa shape index (κ2) is 13.3. The third-order valence-corrected chi connectivity index (χ3v) is 7.33. The fourth-order valence-electron chi connectivity index (χ4n) is 4.85. The van der Waals surface area contributed by atoms with Gasteiger partial charge in [-0.3, -0.25) is 9.59 Å². The Hall–Kier alpha value is -3.31. The van der Waals surface area contributed by atoms with Crippen LogP contribution in [0, 0.1) is 6.92 Å². The molecule has 1 N–H and O–H groups in total. The molecule has 5 nitrogen and oxygen atoms in total. The third-order valence-electron chi connectivity index (χ3n) is 6.97. The zero-order valence-electron chi connectivity index (χ0n) is 21.4. The molecule has 1 atom stereocenters. The van der Waals surface area contributed by atoms with Crippen molar-refractivity contribution in [2.45, 2.75) is 64.1 Å². The van der Waals surface area contributed by atoms with E-state index in [1.54, 1.807) is 11.0 Å². The largest absolute Gasteiger partial charge is 0.484 e. The average Bonchev–Trinajstić information content (AvgIpc) is 2.92. The normalized spacial score (nSPS) is 14.5. The molecule has 0 aromatic heterocycles. The van der Waals surface area contributed by atoms with Crippen LogP contribution in [0.25, 0.3) is 0 Å². The van der Waals surface area contributed by atoms with Crippen molar-refractivity contribution >= 4 is 23.4 Å². The third kappa shape index (κ3) is 7.59. The number of halogens is 1. The molecule has 1 aliphatic rings. The highest BCUT2D eigenvalue weighted by Gasteiger charge is 2.32.